The molecule has 0 bridgehead atoms. The molecule has 1 saturated carbocycles. The second kappa shape index (κ2) is 6.24. The van der Waals surface area contributed by atoms with Gasteiger partial charge in [0.1, 0.15) is 0 Å². The summed E-state index contributed by atoms with van der Waals surface area (Å²) in [7, 11) is 0. The fraction of sp³-hybridized carbons (Fsp3) is 0.625. The third-order valence-corrected chi connectivity index (χ3v) is 3.70. The third kappa shape index (κ3) is 3.49. The van der Waals surface area contributed by atoms with Crippen LogP contribution >= 0.6 is 0 Å². The van der Waals surface area contributed by atoms with Gasteiger partial charge in [0.25, 0.3) is 0 Å². The van der Waals surface area contributed by atoms with Crippen LogP contribution in [0.1, 0.15) is 51.2 Å². The van der Waals surface area contributed by atoms with Crippen molar-refractivity contribution in [3.63, 3.8) is 0 Å². The summed E-state index contributed by atoms with van der Waals surface area (Å²) in [6.07, 6.45) is 4.44. The van der Waals surface area contributed by atoms with Gasteiger partial charge < -0.3 is 10.0 Å². The quantitative estimate of drug-likeness (QED) is 0.793. The number of aliphatic hydroxyl groups excluding tert-OH is 1. The van der Waals surface area contributed by atoms with Crippen molar-refractivity contribution in [1.29, 1.82) is 0 Å². The van der Waals surface area contributed by atoms with Crippen LogP contribution in [-0.4, -0.2) is 18.2 Å². The van der Waals surface area contributed by atoms with Crippen molar-refractivity contribution in [2.75, 3.05) is 18.0 Å². The van der Waals surface area contributed by atoms with E-state index in [0.717, 1.165) is 24.4 Å². The number of hydrogen-bond acceptors (Lipinski definition) is 2. The van der Waals surface area contributed by atoms with E-state index in [2.05, 4.69) is 36.1 Å². The average Bonchev–Trinajstić information content (AvgIpc) is 3.21. The van der Waals surface area contributed by atoms with Gasteiger partial charge in [0.15, 0.2) is 0 Å². The molecule has 0 amide bonds. The highest BCUT2D eigenvalue weighted by Gasteiger charge is 2.24. The monoisotopic (exact) mass is 247 g/mol. The molecule has 0 aromatic heterocycles. The summed E-state index contributed by atoms with van der Waals surface area (Å²) in [5.74, 6) is 0.914. The molecule has 1 unspecified atom stereocenters. The van der Waals surface area contributed by atoms with Crippen LogP contribution in [0, 0.1) is 5.92 Å². The van der Waals surface area contributed by atoms with Crippen LogP contribution in [0.4, 0.5) is 5.69 Å². The van der Waals surface area contributed by atoms with Crippen molar-refractivity contribution in [3.8, 4) is 0 Å². The zero-order valence-corrected chi connectivity index (χ0v) is 11.6. The lowest BCUT2D eigenvalue weighted by atomic mass is 10.1. The summed E-state index contributed by atoms with van der Waals surface area (Å²) in [6, 6.07) is 8.45. The van der Waals surface area contributed by atoms with E-state index in [1.54, 1.807) is 0 Å². The van der Waals surface area contributed by atoms with Crippen molar-refractivity contribution in [2.24, 2.45) is 5.92 Å². The molecule has 1 fully saturated rings. The lowest BCUT2D eigenvalue weighted by Gasteiger charge is -2.24. The molecule has 2 nitrogen and oxygen atoms in total. The maximum absolute atomic E-state index is 9.80. The molecule has 0 heterocycles. The Bertz CT molecular complexity index is 356. The molecule has 1 aromatic carbocycles. The molecule has 0 radical (unpaired) electrons. The Hall–Kier alpha value is -1.02. The maximum atomic E-state index is 9.80. The Balaban J connectivity index is 2.04. The minimum absolute atomic E-state index is 0.317. The summed E-state index contributed by atoms with van der Waals surface area (Å²) in [6.45, 7) is 6.57. The molecule has 1 N–H and O–H groups in total. The molecule has 0 aliphatic heterocycles. The molecular weight excluding hydrogens is 222 g/mol. The zero-order valence-electron chi connectivity index (χ0n) is 11.6. The second-order valence-electron chi connectivity index (χ2n) is 5.40. The van der Waals surface area contributed by atoms with E-state index in [1.807, 2.05) is 6.92 Å². The van der Waals surface area contributed by atoms with Gasteiger partial charge in [-0.3, -0.25) is 0 Å². The number of aliphatic hydroxyl groups is 1. The van der Waals surface area contributed by atoms with E-state index in [1.165, 1.54) is 31.5 Å². The first-order valence-corrected chi connectivity index (χ1v) is 7.27. The van der Waals surface area contributed by atoms with Gasteiger partial charge in [0.2, 0.25) is 0 Å². The molecular formula is C16H25NO. The van der Waals surface area contributed by atoms with Crippen LogP contribution in [-0.2, 0) is 0 Å². The predicted molar refractivity (Wildman–Crippen MR) is 76.9 cm³/mol. The summed E-state index contributed by atoms with van der Waals surface area (Å²) in [4.78, 5) is 2.49. The minimum atomic E-state index is -0.317. The van der Waals surface area contributed by atoms with Crippen molar-refractivity contribution in [1.82, 2.24) is 0 Å². The number of rotatable bonds is 7. The van der Waals surface area contributed by atoms with Crippen LogP contribution in [0.25, 0.3) is 0 Å². The summed E-state index contributed by atoms with van der Waals surface area (Å²) >= 11 is 0. The van der Waals surface area contributed by atoms with Crippen LogP contribution in [0.2, 0.25) is 0 Å². The molecule has 18 heavy (non-hydrogen) atoms. The van der Waals surface area contributed by atoms with Gasteiger partial charge in [-0.15, -0.1) is 0 Å². The third-order valence-electron chi connectivity index (χ3n) is 3.70. The number of nitrogens with zero attached hydrogens (tertiary/aromatic N) is 1. The molecule has 1 aliphatic rings. The molecule has 1 aliphatic carbocycles. The maximum Gasteiger partial charge on any atom is 0.0787 e. The number of hydrogen-bond donors (Lipinski definition) is 1. The highest BCUT2D eigenvalue weighted by Crippen LogP contribution is 2.32. The smallest absolute Gasteiger partial charge is 0.0787 e. The minimum Gasteiger partial charge on any atom is -0.388 e. The lowest BCUT2D eigenvalue weighted by molar-refractivity contribution is 0.173. The van der Waals surface area contributed by atoms with Crippen LogP contribution in [0.3, 0.4) is 0 Å². The van der Waals surface area contributed by atoms with E-state index < -0.39 is 0 Å². The van der Waals surface area contributed by atoms with E-state index in [9.17, 15) is 5.11 Å². The zero-order chi connectivity index (χ0) is 13.0. The van der Waals surface area contributed by atoms with E-state index >= 15 is 0 Å². The first kappa shape index (κ1) is 13.4. The van der Waals surface area contributed by atoms with Crippen LogP contribution in [0.15, 0.2) is 24.3 Å². The summed E-state index contributed by atoms with van der Waals surface area (Å²) < 4.78 is 0. The Morgan fingerprint density at radius 1 is 1.22 bits per heavy atom. The molecule has 0 spiro atoms. The first-order chi connectivity index (χ1) is 8.74. The van der Waals surface area contributed by atoms with Gasteiger partial charge in [0.05, 0.1) is 6.10 Å². The fourth-order valence-corrected chi connectivity index (χ4v) is 2.35. The van der Waals surface area contributed by atoms with Crippen LogP contribution < -0.4 is 4.90 Å². The molecule has 2 heteroatoms. The number of anilines is 1. The predicted octanol–water partition coefficient (Wildman–Crippen LogP) is 3.76. The Labute approximate surface area is 111 Å². The largest absolute Gasteiger partial charge is 0.388 e. The SMILES string of the molecule is CCCN(CC1CC1)c1ccc(C(O)CC)cc1. The molecule has 2 rings (SSSR count). The molecule has 0 saturated heterocycles. The van der Waals surface area contributed by atoms with E-state index in [4.69, 9.17) is 0 Å². The van der Waals surface area contributed by atoms with Gasteiger partial charge in [-0.1, -0.05) is 26.0 Å². The van der Waals surface area contributed by atoms with Crippen LogP contribution in [0.5, 0.6) is 0 Å². The van der Waals surface area contributed by atoms with E-state index in [-0.39, 0.29) is 6.10 Å². The van der Waals surface area contributed by atoms with E-state index in [0.29, 0.717) is 0 Å². The first-order valence-electron chi connectivity index (χ1n) is 7.27. The van der Waals surface area contributed by atoms with Crippen molar-refractivity contribution in [2.45, 2.75) is 45.6 Å². The van der Waals surface area contributed by atoms with Crippen molar-refractivity contribution >= 4 is 5.69 Å². The summed E-state index contributed by atoms with van der Waals surface area (Å²) in [5, 5.41) is 9.80. The normalized spacial score (nSPS) is 16.6. The number of benzene rings is 1. The van der Waals surface area contributed by atoms with Crippen molar-refractivity contribution in [3.05, 3.63) is 29.8 Å². The molecule has 1 atom stereocenters. The van der Waals surface area contributed by atoms with Gasteiger partial charge in [-0.05, 0) is 49.3 Å². The summed E-state index contributed by atoms with van der Waals surface area (Å²) in [5.41, 5.74) is 2.33. The van der Waals surface area contributed by atoms with Gasteiger partial charge in [-0.2, -0.15) is 0 Å². The van der Waals surface area contributed by atoms with Crippen molar-refractivity contribution < 1.29 is 5.11 Å². The Morgan fingerprint density at radius 3 is 2.39 bits per heavy atom. The fourth-order valence-electron chi connectivity index (χ4n) is 2.35. The standard InChI is InChI=1S/C16H25NO/c1-3-11-17(12-13-5-6-13)15-9-7-14(8-10-15)16(18)4-2/h7-10,13,16,18H,3-6,11-12H2,1-2H3. The lowest BCUT2D eigenvalue weighted by Crippen LogP contribution is -2.26. The van der Waals surface area contributed by atoms with Gasteiger partial charge >= 0.3 is 0 Å². The Kier molecular flexibility index (Phi) is 4.65. The highest BCUT2D eigenvalue weighted by molar-refractivity contribution is 5.48. The Morgan fingerprint density at radius 2 is 1.89 bits per heavy atom. The highest BCUT2D eigenvalue weighted by atomic mass is 16.3. The van der Waals surface area contributed by atoms with Gasteiger partial charge in [0, 0.05) is 18.8 Å². The van der Waals surface area contributed by atoms with Gasteiger partial charge in [-0.25, -0.2) is 0 Å². The molecule has 1 aromatic rings. The average molecular weight is 247 g/mol. The second-order valence-corrected chi connectivity index (χ2v) is 5.40. The molecule has 100 valence electrons. The topological polar surface area (TPSA) is 23.5 Å².